The van der Waals surface area contributed by atoms with E-state index in [1.165, 1.54) is 25.7 Å². The summed E-state index contributed by atoms with van der Waals surface area (Å²) >= 11 is 0. The first-order valence-electron chi connectivity index (χ1n) is 7.48. The van der Waals surface area contributed by atoms with E-state index in [0.29, 0.717) is 23.7 Å². The van der Waals surface area contributed by atoms with E-state index in [4.69, 9.17) is 9.47 Å². The number of carbonyl (C=O) groups is 1. The van der Waals surface area contributed by atoms with Crippen LogP contribution in [0.3, 0.4) is 0 Å². The van der Waals surface area contributed by atoms with Crippen LogP contribution in [-0.4, -0.2) is 20.0 Å². The largest absolute Gasteiger partial charge is 0.493 e. The second-order valence-corrected chi connectivity index (χ2v) is 5.52. The minimum atomic E-state index is 0.255. The van der Waals surface area contributed by atoms with Crippen LogP contribution < -0.4 is 9.47 Å². The van der Waals surface area contributed by atoms with Crippen molar-refractivity contribution in [2.75, 3.05) is 14.2 Å². The Hall–Kier alpha value is -1.51. The molecule has 0 aliphatic heterocycles. The highest BCUT2D eigenvalue weighted by Crippen LogP contribution is 2.29. The fourth-order valence-electron chi connectivity index (χ4n) is 2.94. The van der Waals surface area contributed by atoms with Gasteiger partial charge in [-0.2, -0.15) is 0 Å². The lowest BCUT2D eigenvalue weighted by Gasteiger charge is -2.14. The highest BCUT2D eigenvalue weighted by molar-refractivity contribution is 5.83. The summed E-state index contributed by atoms with van der Waals surface area (Å²) < 4.78 is 10.5. The summed E-state index contributed by atoms with van der Waals surface area (Å²) in [5.74, 6) is 2.03. The Morgan fingerprint density at radius 1 is 1.05 bits per heavy atom. The highest BCUT2D eigenvalue weighted by Gasteiger charge is 2.20. The van der Waals surface area contributed by atoms with Gasteiger partial charge in [0.1, 0.15) is 5.78 Å². The number of benzene rings is 1. The van der Waals surface area contributed by atoms with Crippen LogP contribution in [0, 0.1) is 5.92 Å². The van der Waals surface area contributed by atoms with E-state index in [2.05, 4.69) is 0 Å². The summed E-state index contributed by atoms with van der Waals surface area (Å²) in [6, 6.07) is 5.73. The normalized spacial score (nSPS) is 16.5. The van der Waals surface area contributed by atoms with Gasteiger partial charge in [0.05, 0.1) is 14.2 Å². The van der Waals surface area contributed by atoms with Crippen LogP contribution in [0.4, 0.5) is 0 Å². The monoisotopic (exact) mass is 276 g/mol. The Bertz CT molecular complexity index is 446. The number of Topliss-reactive ketones (excluding diaryl/α,β-unsaturated/α-hetero) is 1. The summed E-state index contributed by atoms with van der Waals surface area (Å²) in [5.41, 5.74) is 1.01. The Morgan fingerprint density at radius 3 is 2.30 bits per heavy atom. The molecule has 0 atom stereocenters. The molecule has 2 rings (SSSR count). The minimum absolute atomic E-state index is 0.255. The molecule has 0 bridgehead atoms. The van der Waals surface area contributed by atoms with Gasteiger partial charge in [0.2, 0.25) is 0 Å². The van der Waals surface area contributed by atoms with Crippen molar-refractivity contribution < 1.29 is 14.3 Å². The predicted molar refractivity (Wildman–Crippen MR) is 79.4 cm³/mol. The van der Waals surface area contributed by atoms with Gasteiger partial charge in [-0.3, -0.25) is 4.79 Å². The number of ether oxygens (including phenoxy) is 2. The summed E-state index contributed by atoms with van der Waals surface area (Å²) in [7, 11) is 3.24. The zero-order chi connectivity index (χ0) is 14.4. The van der Waals surface area contributed by atoms with Gasteiger partial charge in [-0.1, -0.05) is 31.7 Å². The molecule has 1 aliphatic rings. The maximum absolute atomic E-state index is 12.4. The van der Waals surface area contributed by atoms with Gasteiger partial charge in [-0.15, -0.1) is 0 Å². The molecule has 0 saturated heterocycles. The topological polar surface area (TPSA) is 35.5 Å². The molecule has 1 aromatic carbocycles. The quantitative estimate of drug-likeness (QED) is 0.768. The van der Waals surface area contributed by atoms with Gasteiger partial charge in [0.15, 0.2) is 11.5 Å². The van der Waals surface area contributed by atoms with Crippen LogP contribution in [-0.2, 0) is 11.2 Å². The number of carbonyl (C=O) groups excluding carboxylic acids is 1. The Morgan fingerprint density at radius 2 is 1.70 bits per heavy atom. The predicted octanol–water partition coefficient (Wildman–Crippen LogP) is 3.79. The van der Waals surface area contributed by atoms with Crippen LogP contribution in [0.25, 0.3) is 0 Å². The fraction of sp³-hybridized carbons (Fsp3) is 0.588. The van der Waals surface area contributed by atoms with Crippen molar-refractivity contribution in [3.63, 3.8) is 0 Å². The summed E-state index contributed by atoms with van der Waals surface area (Å²) in [4.78, 5) is 12.4. The summed E-state index contributed by atoms with van der Waals surface area (Å²) in [5, 5.41) is 0. The van der Waals surface area contributed by atoms with E-state index in [9.17, 15) is 4.79 Å². The lowest BCUT2D eigenvalue weighted by molar-refractivity contribution is -0.122. The molecular weight excluding hydrogens is 252 g/mol. The zero-order valence-corrected chi connectivity index (χ0v) is 12.5. The third-order valence-electron chi connectivity index (χ3n) is 4.14. The third-order valence-corrected chi connectivity index (χ3v) is 4.14. The Labute approximate surface area is 121 Å². The third kappa shape index (κ3) is 3.75. The van der Waals surface area contributed by atoms with Crippen LogP contribution in [0.1, 0.15) is 44.1 Å². The molecule has 0 spiro atoms. The van der Waals surface area contributed by atoms with E-state index in [-0.39, 0.29) is 5.92 Å². The van der Waals surface area contributed by atoms with Crippen LogP contribution >= 0.6 is 0 Å². The SMILES string of the molecule is COc1ccc(CC(=O)C2CCCCCC2)cc1OC. The second kappa shape index (κ2) is 7.32. The van der Waals surface area contributed by atoms with Gasteiger partial charge >= 0.3 is 0 Å². The van der Waals surface area contributed by atoms with E-state index >= 15 is 0 Å². The molecule has 0 amide bonds. The Balaban J connectivity index is 2.03. The summed E-state index contributed by atoms with van der Waals surface area (Å²) in [6.07, 6.45) is 7.58. The molecule has 110 valence electrons. The number of hydrogen-bond acceptors (Lipinski definition) is 3. The second-order valence-electron chi connectivity index (χ2n) is 5.52. The molecule has 1 fully saturated rings. The van der Waals surface area contributed by atoms with Crippen molar-refractivity contribution in [2.45, 2.75) is 44.9 Å². The molecule has 20 heavy (non-hydrogen) atoms. The van der Waals surface area contributed by atoms with Crippen LogP contribution in [0.5, 0.6) is 11.5 Å². The van der Waals surface area contributed by atoms with E-state index < -0.39 is 0 Å². The smallest absolute Gasteiger partial charge is 0.161 e. The van der Waals surface area contributed by atoms with Crippen LogP contribution in [0.2, 0.25) is 0 Å². The average molecular weight is 276 g/mol. The van der Waals surface area contributed by atoms with Gasteiger partial charge in [-0.05, 0) is 30.5 Å². The average Bonchev–Trinajstić information content (AvgIpc) is 2.76. The molecule has 1 saturated carbocycles. The van der Waals surface area contributed by atoms with Crippen molar-refractivity contribution in [3.05, 3.63) is 23.8 Å². The van der Waals surface area contributed by atoms with E-state index in [0.717, 1.165) is 18.4 Å². The van der Waals surface area contributed by atoms with Gasteiger partial charge in [0.25, 0.3) is 0 Å². The number of ketones is 1. The van der Waals surface area contributed by atoms with E-state index in [1.54, 1.807) is 14.2 Å². The first-order valence-corrected chi connectivity index (χ1v) is 7.48. The van der Waals surface area contributed by atoms with Crippen molar-refractivity contribution in [1.29, 1.82) is 0 Å². The first-order chi connectivity index (χ1) is 9.74. The van der Waals surface area contributed by atoms with Gasteiger partial charge in [-0.25, -0.2) is 0 Å². The molecule has 0 radical (unpaired) electrons. The Kier molecular flexibility index (Phi) is 5.45. The molecule has 3 heteroatoms. The first kappa shape index (κ1) is 14.9. The standard InChI is InChI=1S/C17H24O3/c1-19-16-10-9-13(12-17(16)20-2)11-15(18)14-7-5-3-4-6-8-14/h9-10,12,14H,3-8,11H2,1-2H3. The van der Waals surface area contributed by atoms with Crippen molar-refractivity contribution in [3.8, 4) is 11.5 Å². The molecule has 3 nitrogen and oxygen atoms in total. The molecule has 1 aliphatic carbocycles. The molecule has 0 heterocycles. The van der Waals surface area contributed by atoms with Crippen molar-refractivity contribution in [1.82, 2.24) is 0 Å². The highest BCUT2D eigenvalue weighted by atomic mass is 16.5. The molecule has 0 aromatic heterocycles. The maximum atomic E-state index is 12.4. The number of methoxy groups -OCH3 is 2. The maximum Gasteiger partial charge on any atom is 0.161 e. The van der Waals surface area contributed by atoms with Crippen molar-refractivity contribution >= 4 is 5.78 Å². The zero-order valence-electron chi connectivity index (χ0n) is 12.5. The van der Waals surface area contributed by atoms with E-state index in [1.807, 2.05) is 18.2 Å². The number of rotatable bonds is 5. The molecule has 1 aromatic rings. The molecule has 0 N–H and O–H groups in total. The van der Waals surface area contributed by atoms with Crippen LogP contribution in [0.15, 0.2) is 18.2 Å². The summed E-state index contributed by atoms with van der Waals surface area (Å²) in [6.45, 7) is 0. The molecular formula is C17H24O3. The lowest BCUT2D eigenvalue weighted by Crippen LogP contribution is -2.16. The fourth-order valence-corrected chi connectivity index (χ4v) is 2.94. The minimum Gasteiger partial charge on any atom is -0.493 e. The van der Waals surface area contributed by atoms with Gasteiger partial charge in [0, 0.05) is 12.3 Å². The van der Waals surface area contributed by atoms with Gasteiger partial charge < -0.3 is 9.47 Å². The van der Waals surface area contributed by atoms with Crippen molar-refractivity contribution in [2.24, 2.45) is 5.92 Å². The lowest BCUT2D eigenvalue weighted by atomic mass is 9.91. The number of hydrogen-bond donors (Lipinski definition) is 0. The molecule has 0 unspecified atom stereocenters.